The molecule has 12 nitrogen and oxygen atoms in total. The molecule has 1 heterocycles. The van der Waals surface area contributed by atoms with Crippen molar-refractivity contribution in [3.05, 3.63) is 144 Å². The van der Waals surface area contributed by atoms with E-state index in [1.165, 1.54) is 0 Å². The molecule has 0 bridgehead atoms. The van der Waals surface area contributed by atoms with Crippen molar-refractivity contribution in [1.29, 1.82) is 0 Å². The molecule has 0 aromatic heterocycles. The maximum atomic E-state index is 13.9. The van der Waals surface area contributed by atoms with Crippen molar-refractivity contribution in [3.8, 4) is 0 Å². The van der Waals surface area contributed by atoms with Gasteiger partial charge in [-0.15, -0.1) is 0 Å². The molecule has 1 fully saturated rings. The molecule has 340 valence electrons. The minimum absolute atomic E-state index is 0.232. The lowest BCUT2D eigenvalue weighted by molar-refractivity contribution is -0.132. The highest BCUT2D eigenvalue weighted by atomic mass is 16.2. The topological polar surface area (TPSA) is 175 Å². The molecule has 4 aromatic rings. The van der Waals surface area contributed by atoms with Crippen LogP contribution >= 0.6 is 0 Å². The molecule has 2 unspecified atom stereocenters. The Morgan fingerprint density at radius 1 is 0.312 bits per heavy atom. The molecule has 6 amide bonds. The number of carbonyl (C=O) groups excluding carboxylic acids is 6. The van der Waals surface area contributed by atoms with Gasteiger partial charge in [-0.25, -0.2) is 0 Å². The second-order valence-corrected chi connectivity index (χ2v) is 16.7. The van der Waals surface area contributed by atoms with Crippen molar-refractivity contribution in [2.45, 2.75) is 127 Å². The molecule has 1 aliphatic heterocycles. The molecule has 12 heteroatoms. The first-order valence-corrected chi connectivity index (χ1v) is 23.1. The van der Waals surface area contributed by atoms with Crippen molar-refractivity contribution in [2.24, 2.45) is 0 Å². The van der Waals surface area contributed by atoms with Gasteiger partial charge in [0.2, 0.25) is 35.4 Å². The van der Waals surface area contributed by atoms with Gasteiger partial charge < -0.3 is 31.9 Å². The van der Waals surface area contributed by atoms with E-state index in [0.29, 0.717) is 38.8 Å². The second-order valence-electron chi connectivity index (χ2n) is 16.7. The van der Waals surface area contributed by atoms with Crippen LogP contribution in [0, 0.1) is 0 Å². The Balaban J connectivity index is 1.25. The molecular formula is C52H66N6O6. The van der Waals surface area contributed by atoms with Crippen LogP contribution < -0.4 is 31.9 Å². The molecule has 64 heavy (non-hydrogen) atoms. The molecule has 0 aliphatic carbocycles. The Morgan fingerprint density at radius 2 is 0.578 bits per heavy atom. The average Bonchev–Trinajstić information content (AvgIpc) is 3.30. The molecule has 1 saturated heterocycles. The van der Waals surface area contributed by atoms with Crippen LogP contribution in [-0.4, -0.2) is 72.7 Å². The quantitative estimate of drug-likeness (QED) is 0.130. The fraction of sp³-hybridized carbons (Fsp3) is 0.423. The number of nitrogens with one attached hydrogen (secondary N) is 6. The highest BCUT2D eigenvalue weighted by Gasteiger charge is 2.29. The second kappa shape index (κ2) is 27.7. The molecule has 0 spiro atoms. The summed E-state index contributed by atoms with van der Waals surface area (Å²) in [7, 11) is 0. The zero-order valence-corrected chi connectivity index (χ0v) is 37.0. The summed E-state index contributed by atoms with van der Waals surface area (Å²) in [6.45, 7) is 0.842. The monoisotopic (exact) mass is 871 g/mol. The van der Waals surface area contributed by atoms with Gasteiger partial charge in [-0.05, 0) is 47.9 Å². The third-order valence-corrected chi connectivity index (χ3v) is 11.5. The normalized spacial score (nSPS) is 21.4. The van der Waals surface area contributed by atoms with Crippen LogP contribution in [0.15, 0.2) is 121 Å². The fourth-order valence-corrected chi connectivity index (χ4v) is 7.87. The van der Waals surface area contributed by atoms with Crippen LogP contribution in [0.5, 0.6) is 0 Å². The summed E-state index contributed by atoms with van der Waals surface area (Å²) in [5, 5.41) is 17.9. The van der Waals surface area contributed by atoms with Gasteiger partial charge in [0.05, 0.1) is 0 Å². The van der Waals surface area contributed by atoms with Crippen LogP contribution in [0.2, 0.25) is 0 Å². The fourth-order valence-electron chi connectivity index (χ4n) is 7.87. The van der Waals surface area contributed by atoms with Gasteiger partial charge in [0.25, 0.3) is 0 Å². The predicted molar refractivity (Wildman–Crippen MR) is 250 cm³/mol. The van der Waals surface area contributed by atoms with Gasteiger partial charge in [0.1, 0.15) is 24.2 Å². The van der Waals surface area contributed by atoms with Crippen molar-refractivity contribution in [3.63, 3.8) is 0 Å². The summed E-state index contributed by atoms with van der Waals surface area (Å²) in [6.07, 6.45) is 9.23. The lowest BCUT2D eigenvalue weighted by Crippen LogP contribution is -2.55. The largest absolute Gasteiger partial charge is 0.354 e. The standard InChI is InChI=1S/C52H66N6O6/c59-47-31-19-3-1-5-21-33-53-49(61)43(35-39-23-11-7-12-24-39)57-52(64)46(38-42-29-17-10-18-30-42)56-48(60)32-20-4-2-6-22-34-54-50(62)44(36-40-25-13-8-14-26-40)58-51(63)45(55-47)37-41-27-15-9-16-28-41/h7-18,23-30,43-46H,1-6,19-22,31-38H2,(H,53,61)(H,54,62)(H,55,59)(H,56,60)(H,57,64)(H,58,63)/t43?,44?,45-,46-/m0/s1. The summed E-state index contributed by atoms with van der Waals surface area (Å²) in [5.74, 6) is -1.89. The lowest BCUT2D eigenvalue weighted by atomic mass is 10.0. The first-order valence-electron chi connectivity index (χ1n) is 23.1. The molecular weight excluding hydrogens is 805 g/mol. The van der Waals surface area contributed by atoms with Gasteiger partial charge in [-0.2, -0.15) is 0 Å². The Labute approximate surface area is 378 Å². The van der Waals surface area contributed by atoms with E-state index in [9.17, 15) is 28.8 Å². The van der Waals surface area contributed by atoms with Gasteiger partial charge in [0.15, 0.2) is 0 Å². The van der Waals surface area contributed by atoms with Crippen LogP contribution in [0.4, 0.5) is 0 Å². The van der Waals surface area contributed by atoms with Crippen LogP contribution in [0.25, 0.3) is 0 Å². The van der Waals surface area contributed by atoms with Gasteiger partial charge in [0, 0.05) is 51.6 Å². The smallest absolute Gasteiger partial charge is 0.243 e. The van der Waals surface area contributed by atoms with E-state index in [4.69, 9.17) is 0 Å². The highest BCUT2D eigenvalue weighted by molar-refractivity contribution is 5.93. The minimum atomic E-state index is -0.878. The molecule has 0 radical (unpaired) electrons. The summed E-state index contributed by atoms with van der Waals surface area (Å²) in [6, 6.07) is 34.6. The number of hydrogen-bond donors (Lipinski definition) is 6. The van der Waals surface area contributed by atoms with Crippen molar-refractivity contribution < 1.29 is 28.8 Å². The zero-order chi connectivity index (χ0) is 45.2. The highest BCUT2D eigenvalue weighted by Crippen LogP contribution is 2.12. The number of rotatable bonds is 8. The van der Waals surface area contributed by atoms with E-state index in [0.717, 1.165) is 60.8 Å². The van der Waals surface area contributed by atoms with E-state index in [1.54, 1.807) is 0 Å². The summed E-state index contributed by atoms with van der Waals surface area (Å²) in [4.78, 5) is 81.8. The third kappa shape index (κ3) is 18.2. The molecule has 4 atom stereocenters. The van der Waals surface area contributed by atoms with E-state index in [2.05, 4.69) is 31.9 Å². The molecule has 5 rings (SSSR count). The van der Waals surface area contributed by atoms with Crippen LogP contribution in [-0.2, 0) is 54.5 Å². The van der Waals surface area contributed by atoms with Crippen molar-refractivity contribution in [2.75, 3.05) is 13.1 Å². The van der Waals surface area contributed by atoms with Crippen molar-refractivity contribution in [1.82, 2.24) is 31.9 Å². The maximum absolute atomic E-state index is 13.9. The first-order chi connectivity index (χ1) is 31.2. The number of hydrogen-bond acceptors (Lipinski definition) is 6. The van der Waals surface area contributed by atoms with Crippen molar-refractivity contribution >= 4 is 35.4 Å². The van der Waals surface area contributed by atoms with Crippen LogP contribution in [0.1, 0.15) is 99.3 Å². The third-order valence-electron chi connectivity index (χ3n) is 11.5. The van der Waals surface area contributed by atoms with Crippen LogP contribution in [0.3, 0.4) is 0 Å². The summed E-state index contributed by atoms with van der Waals surface area (Å²) in [5.41, 5.74) is 3.57. The Hall–Kier alpha value is -6.30. The maximum Gasteiger partial charge on any atom is 0.243 e. The van der Waals surface area contributed by atoms with E-state index in [-0.39, 0.29) is 62.2 Å². The molecule has 4 aromatic carbocycles. The first kappa shape index (κ1) is 48.7. The average molecular weight is 871 g/mol. The van der Waals surface area contributed by atoms with Gasteiger partial charge in [-0.1, -0.05) is 160 Å². The Kier molecular flexibility index (Phi) is 21.1. The Morgan fingerprint density at radius 3 is 0.891 bits per heavy atom. The zero-order valence-electron chi connectivity index (χ0n) is 37.0. The van der Waals surface area contributed by atoms with E-state index < -0.39 is 36.0 Å². The van der Waals surface area contributed by atoms with Gasteiger partial charge in [-0.3, -0.25) is 28.8 Å². The Bertz CT molecular complexity index is 1890. The number of benzene rings is 4. The number of carbonyl (C=O) groups is 6. The van der Waals surface area contributed by atoms with E-state index >= 15 is 0 Å². The van der Waals surface area contributed by atoms with E-state index in [1.807, 2.05) is 121 Å². The summed E-state index contributed by atoms with van der Waals surface area (Å²) >= 11 is 0. The summed E-state index contributed by atoms with van der Waals surface area (Å²) < 4.78 is 0. The SMILES string of the molecule is O=C1CCCCCCCNC(=O)C(Cc2ccccc2)NC(=O)[C@H](Cc2ccccc2)NC(=O)CCCCCCCNC(=O)C(Cc2ccccc2)NC(=O)[C@H](Cc2ccccc2)N1. The molecule has 6 N–H and O–H groups in total. The lowest BCUT2D eigenvalue weighted by Gasteiger charge is -2.24. The molecule has 0 saturated carbocycles. The predicted octanol–water partition coefficient (Wildman–Crippen LogP) is 5.82. The van der Waals surface area contributed by atoms with Gasteiger partial charge >= 0.3 is 0 Å². The molecule has 1 aliphatic rings. The minimum Gasteiger partial charge on any atom is -0.354 e. The number of amides is 6.